The second-order valence-corrected chi connectivity index (χ2v) is 6.76. The Morgan fingerprint density at radius 2 is 1.78 bits per heavy atom. The van der Waals surface area contributed by atoms with Crippen LogP contribution in [-0.4, -0.2) is 33.1 Å². The van der Waals surface area contributed by atoms with Gasteiger partial charge < -0.3 is 15.3 Å². The fraction of sp³-hybridized carbons (Fsp3) is 0.867. The third-order valence-electron chi connectivity index (χ3n) is 5.37. The first-order valence-corrected chi connectivity index (χ1v) is 7.02. The van der Waals surface area contributed by atoms with Gasteiger partial charge in [-0.3, -0.25) is 0 Å². The molecule has 0 radical (unpaired) electrons. The van der Waals surface area contributed by atoms with Crippen LogP contribution >= 0.6 is 0 Å². The van der Waals surface area contributed by atoms with Crippen molar-refractivity contribution in [2.75, 3.05) is 0 Å². The maximum absolute atomic E-state index is 10.7. The predicted molar refractivity (Wildman–Crippen MR) is 71.1 cm³/mol. The Hall–Kier alpha value is -0.380. The highest BCUT2D eigenvalue weighted by molar-refractivity contribution is 5.34. The lowest BCUT2D eigenvalue weighted by Gasteiger charge is -2.52. The molecule has 0 unspecified atom stereocenters. The van der Waals surface area contributed by atoms with Gasteiger partial charge in [-0.15, -0.1) is 0 Å². The van der Waals surface area contributed by atoms with Crippen LogP contribution in [0.4, 0.5) is 0 Å². The summed E-state index contributed by atoms with van der Waals surface area (Å²) < 4.78 is 0. The van der Waals surface area contributed by atoms with Gasteiger partial charge in [0.2, 0.25) is 0 Å². The number of aliphatic hydroxyl groups excluding tert-OH is 2. The Labute approximate surface area is 110 Å². The van der Waals surface area contributed by atoms with Crippen LogP contribution in [0.1, 0.15) is 53.4 Å². The summed E-state index contributed by atoms with van der Waals surface area (Å²) in [5, 5.41) is 31.3. The lowest BCUT2D eigenvalue weighted by atomic mass is 9.57. The predicted octanol–water partition coefficient (Wildman–Crippen LogP) is 2.01. The molecule has 3 N–H and O–H groups in total. The summed E-state index contributed by atoms with van der Waals surface area (Å²) in [6, 6.07) is 0. The second kappa shape index (κ2) is 4.32. The monoisotopic (exact) mass is 254 g/mol. The Morgan fingerprint density at radius 1 is 1.17 bits per heavy atom. The van der Waals surface area contributed by atoms with Crippen LogP contribution < -0.4 is 0 Å². The number of hydrogen-bond acceptors (Lipinski definition) is 3. The number of hydrogen-bond donors (Lipinski definition) is 3. The van der Waals surface area contributed by atoms with Gasteiger partial charge in [-0.05, 0) is 55.1 Å². The highest BCUT2D eigenvalue weighted by Gasteiger charge is 2.52. The fourth-order valence-corrected chi connectivity index (χ4v) is 3.73. The highest BCUT2D eigenvalue weighted by atomic mass is 16.3. The van der Waals surface area contributed by atoms with Crippen molar-refractivity contribution in [1.29, 1.82) is 0 Å². The molecule has 0 amide bonds. The minimum atomic E-state index is -1.05. The molecule has 2 rings (SSSR count). The maximum Gasteiger partial charge on any atom is 0.105 e. The highest BCUT2D eigenvalue weighted by Crippen LogP contribution is 2.53. The van der Waals surface area contributed by atoms with Crippen LogP contribution in [0.2, 0.25) is 0 Å². The molecule has 1 saturated carbocycles. The van der Waals surface area contributed by atoms with E-state index >= 15 is 0 Å². The van der Waals surface area contributed by atoms with Gasteiger partial charge in [0.05, 0.1) is 11.7 Å². The standard InChI is InChI=1S/C15H26O3/c1-9(2)15(18)8-7-14(4)6-5-11(16)10(3)12(14)13(15)17/h9,11,13,16-18H,5-8H2,1-4H3/t11-,13-,14-,15-/m1/s1. The van der Waals surface area contributed by atoms with Gasteiger partial charge in [-0.2, -0.15) is 0 Å². The number of aliphatic hydroxyl groups is 3. The molecule has 0 saturated heterocycles. The molecule has 3 heteroatoms. The molecule has 104 valence electrons. The first kappa shape index (κ1) is 14.0. The molecule has 18 heavy (non-hydrogen) atoms. The third-order valence-corrected chi connectivity index (χ3v) is 5.37. The maximum atomic E-state index is 10.7. The largest absolute Gasteiger partial charge is 0.389 e. The van der Waals surface area contributed by atoms with E-state index in [-0.39, 0.29) is 11.3 Å². The second-order valence-electron chi connectivity index (χ2n) is 6.76. The molecule has 2 aliphatic rings. The van der Waals surface area contributed by atoms with Gasteiger partial charge in [0, 0.05) is 0 Å². The van der Waals surface area contributed by atoms with E-state index in [4.69, 9.17) is 0 Å². The minimum absolute atomic E-state index is 0.0106. The minimum Gasteiger partial charge on any atom is -0.389 e. The van der Waals surface area contributed by atoms with Crippen LogP contribution in [0.3, 0.4) is 0 Å². The molecule has 1 fully saturated rings. The molecular formula is C15H26O3. The summed E-state index contributed by atoms with van der Waals surface area (Å²) in [4.78, 5) is 0. The van der Waals surface area contributed by atoms with Crippen LogP contribution in [0.25, 0.3) is 0 Å². The van der Waals surface area contributed by atoms with Gasteiger partial charge >= 0.3 is 0 Å². The average molecular weight is 254 g/mol. The smallest absolute Gasteiger partial charge is 0.105 e. The summed E-state index contributed by atoms with van der Waals surface area (Å²) in [6.45, 7) is 7.94. The van der Waals surface area contributed by atoms with Crippen molar-refractivity contribution in [3.8, 4) is 0 Å². The van der Waals surface area contributed by atoms with E-state index in [0.717, 1.165) is 30.4 Å². The molecule has 0 bridgehead atoms. The first-order valence-electron chi connectivity index (χ1n) is 7.02. The Bertz CT molecular complexity index is 374. The van der Waals surface area contributed by atoms with Gasteiger partial charge in [0.1, 0.15) is 6.10 Å². The summed E-state index contributed by atoms with van der Waals surface area (Å²) in [5.41, 5.74) is 0.663. The van der Waals surface area contributed by atoms with E-state index in [1.807, 2.05) is 20.8 Å². The van der Waals surface area contributed by atoms with E-state index in [1.165, 1.54) is 0 Å². The SMILES string of the molecule is CC1=C2[C@@H](O)[C@](O)(C(C)C)CC[C@@]2(C)CC[C@H]1O. The lowest BCUT2D eigenvalue weighted by Crippen LogP contribution is -2.56. The van der Waals surface area contributed by atoms with Crippen molar-refractivity contribution in [3.63, 3.8) is 0 Å². The first-order chi connectivity index (χ1) is 8.22. The summed E-state index contributed by atoms with van der Waals surface area (Å²) in [5.74, 6) is 0.0106. The van der Waals surface area contributed by atoms with Crippen molar-refractivity contribution in [2.45, 2.75) is 71.2 Å². The van der Waals surface area contributed by atoms with E-state index in [0.29, 0.717) is 6.42 Å². The van der Waals surface area contributed by atoms with E-state index in [1.54, 1.807) is 0 Å². The molecule has 0 aromatic rings. The zero-order chi connectivity index (χ0) is 13.7. The number of fused-ring (bicyclic) bond motifs is 1. The topological polar surface area (TPSA) is 60.7 Å². The summed E-state index contributed by atoms with van der Waals surface area (Å²) >= 11 is 0. The molecule has 0 aromatic carbocycles. The average Bonchev–Trinajstić information content (AvgIpc) is 2.30. The van der Waals surface area contributed by atoms with Crippen molar-refractivity contribution in [2.24, 2.45) is 11.3 Å². The Kier molecular flexibility index (Phi) is 3.37. The van der Waals surface area contributed by atoms with E-state index < -0.39 is 17.8 Å². The fourth-order valence-electron chi connectivity index (χ4n) is 3.73. The molecule has 0 heterocycles. The zero-order valence-electron chi connectivity index (χ0n) is 11.9. The van der Waals surface area contributed by atoms with Gasteiger partial charge in [-0.25, -0.2) is 0 Å². The molecule has 2 aliphatic carbocycles. The van der Waals surface area contributed by atoms with E-state index in [9.17, 15) is 15.3 Å². The lowest BCUT2D eigenvalue weighted by molar-refractivity contribution is -0.127. The quantitative estimate of drug-likeness (QED) is 0.627. The number of rotatable bonds is 1. The molecule has 0 spiro atoms. The Morgan fingerprint density at radius 3 is 2.33 bits per heavy atom. The van der Waals surface area contributed by atoms with Gasteiger partial charge in [0.25, 0.3) is 0 Å². The summed E-state index contributed by atoms with van der Waals surface area (Å²) in [6.07, 6.45) is 1.88. The summed E-state index contributed by atoms with van der Waals surface area (Å²) in [7, 11) is 0. The van der Waals surface area contributed by atoms with Crippen LogP contribution in [0, 0.1) is 11.3 Å². The van der Waals surface area contributed by atoms with Crippen molar-refractivity contribution in [1.82, 2.24) is 0 Å². The van der Waals surface area contributed by atoms with Gasteiger partial charge in [-0.1, -0.05) is 20.8 Å². The molecular weight excluding hydrogens is 228 g/mol. The van der Waals surface area contributed by atoms with Crippen LogP contribution in [0.15, 0.2) is 11.1 Å². The normalized spacial score (nSPS) is 45.3. The van der Waals surface area contributed by atoms with Crippen LogP contribution in [-0.2, 0) is 0 Å². The Balaban J connectivity index is 2.47. The molecule has 0 aliphatic heterocycles. The molecule has 4 atom stereocenters. The van der Waals surface area contributed by atoms with Crippen molar-refractivity contribution >= 4 is 0 Å². The zero-order valence-corrected chi connectivity index (χ0v) is 11.9. The molecule has 0 aromatic heterocycles. The van der Waals surface area contributed by atoms with Crippen molar-refractivity contribution in [3.05, 3.63) is 11.1 Å². The van der Waals surface area contributed by atoms with E-state index in [2.05, 4.69) is 6.92 Å². The molecule has 3 nitrogen and oxygen atoms in total. The third kappa shape index (κ3) is 1.84. The van der Waals surface area contributed by atoms with Crippen molar-refractivity contribution < 1.29 is 15.3 Å². The van der Waals surface area contributed by atoms with Gasteiger partial charge in [0.15, 0.2) is 0 Å². The van der Waals surface area contributed by atoms with Crippen LogP contribution in [0.5, 0.6) is 0 Å².